The molecule has 0 aliphatic rings. The van der Waals surface area contributed by atoms with Crippen molar-refractivity contribution in [2.45, 2.75) is 18.3 Å². The van der Waals surface area contributed by atoms with Crippen LogP contribution in [0.1, 0.15) is 18.6 Å². The minimum Gasteiger partial charge on any atom is -0.460 e. The fourth-order valence-corrected chi connectivity index (χ4v) is 3.47. The van der Waals surface area contributed by atoms with Gasteiger partial charge in [-0.15, -0.1) is 0 Å². The Morgan fingerprint density at radius 3 is 2.50 bits per heavy atom. The number of thiazole rings is 1. The van der Waals surface area contributed by atoms with E-state index in [0.29, 0.717) is 5.19 Å². The first kappa shape index (κ1) is 15.1. The van der Waals surface area contributed by atoms with E-state index in [-0.39, 0.29) is 0 Å². The molecule has 0 amide bonds. The molecule has 0 aliphatic heterocycles. The molecule has 0 radical (unpaired) electrons. The van der Waals surface area contributed by atoms with Gasteiger partial charge >= 0.3 is 0 Å². The largest absolute Gasteiger partial charge is 0.460 e. The fraction of sp³-hybridized carbons (Fsp3) is 0.188. The van der Waals surface area contributed by atoms with Crippen molar-refractivity contribution >= 4 is 32.6 Å². The zero-order valence-corrected chi connectivity index (χ0v) is 13.5. The summed E-state index contributed by atoms with van der Waals surface area (Å²) < 4.78 is 27.9. The van der Waals surface area contributed by atoms with E-state index in [1.54, 1.807) is 6.92 Å². The van der Waals surface area contributed by atoms with Gasteiger partial charge < -0.3 is 9.29 Å². The minimum absolute atomic E-state index is 0.507. The molecule has 114 valence electrons. The van der Waals surface area contributed by atoms with Gasteiger partial charge in [0.05, 0.1) is 15.5 Å². The molecule has 0 saturated carbocycles. The van der Waals surface area contributed by atoms with Crippen molar-refractivity contribution in [3.8, 4) is 5.19 Å². The fourth-order valence-electron chi connectivity index (χ4n) is 2.19. The van der Waals surface area contributed by atoms with Gasteiger partial charge in [0.2, 0.25) is 0 Å². The van der Waals surface area contributed by atoms with E-state index in [0.717, 1.165) is 15.8 Å². The lowest BCUT2D eigenvalue weighted by molar-refractivity contribution is 0.202. The summed E-state index contributed by atoms with van der Waals surface area (Å²) in [6.07, 6.45) is -0.521. The summed E-state index contributed by atoms with van der Waals surface area (Å²) in [5, 5.41) is -0.0539. The molecule has 3 aromatic rings. The van der Waals surface area contributed by atoms with E-state index >= 15 is 0 Å². The second-order valence-electron chi connectivity index (χ2n) is 4.88. The van der Waals surface area contributed by atoms with Crippen molar-refractivity contribution in [2.75, 3.05) is 0 Å². The quantitative estimate of drug-likeness (QED) is 0.716. The Labute approximate surface area is 135 Å². The van der Waals surface area contributed by atoms with Crippen molar-refractivity contribution in [3.05, 3.63) is 60.2 Å². The zero-order valence-electron chi connectivity index (χ0n) is 11.9. The van der Waals surface area contributed by atoms with Crippen LogP contribution in [0.15, 0.2) is 54.6 Å². The number of fused-ring (bicyclic) bond motifs is 1. The van der Waals surface area contributed by atoms with E-state index in [4.69, 9.17) is 4.74 Å². The normalized spacial score (nSPS) is 15.4. The average molecular weight is 333 g/mol. The number of para-hydroxylation sites is 1. The SMILES string of the molecule is C[C@H]([C@@H](Oc1nc2ccccc2s1)c1ccccc1)S(=O)O. The van der Waals surface area contributed by atoms with Crippen molar-refractivity contribution < 1.29 is 13.5 Å². The van der Waals surface area contributed by atoms with Crippen LogP contribution < -0.4 is 4.74 Å². The second-order valence-corrected chi connectivity index (χ2v) is 7.17. The first-order valence-electron chi connectivity index (χ1n) is 6.82. The Kier molecular flexibility index (Phi) is 4.52. The van der Waals surface area contributed by atoms with Crippen LogP contribution in [0.2, 0.25) is 0 Å². The van der Waals surface area contributed by atoms with E-state index in [1.807, 2.05) is 54.6 Å². The van der Waals surface area contributed by atoms with Crippen LogP contribution in [-0.2, 0) is 11.1 Å². The van der Waals surface area contributed by atoms with Crippen LogP contribution in [0.3, 0.4) is 0 Å². The van der Waals surface area contributed by atoms with Gasteiger partial charge in [-0.1, -0.05) is 53.8 Å². The second kappa shape index (κ2) is 6.56. The molecule has 1 aromatic heterocycles. The minimum atomic E-state index is -1.98. The van der Waals surface area contributed by atoms with Crippen LogP contribution in [0.4, 0.5) is 0 Å². The number of benzene rings is 2. The van der Waals surface area contributed by atoms with Crippen LogP contribution in [-0.4, -0.2) is 19.0 Å². The summed E-state index contributed by atoms with van der Waals surface area (Å²) in [5.74, 6) is 0. The summed E-state index contributed by atoms with van der Waals surface area (Å²) >= 11 is -0.545. The summed E-state index contributed by atoms with van der Waals surface area (Å²) in [7, 11) is 0. The maximum absolute atomic E-state index is 11.5. The molecule has 22 heavy (non-hydrogen) atoms. The molecule has 0 bridgehead atoms. The number of ether oxygens (including phenoxy) is 1. The third-order valence-corrected chi connectivity index (χ3v) is 5.19. The van der Waals surface area contributed by atoms with Crippen molar-refractivity contribution in [2.24, 2.45) is 0 Å². The van der Waals surface area contributed by atoms with Crippen LogP contribution >= 0.6 is 11.3 Å². The van der Waals surface area contributed by atoms with Crippen molar-refractivity contribution in [3.63, 3.8) is 0 Å². The van der Waals surface area contributed by atoms with Gasteiger partial charge in [-0.25, -0.2) is 9.19 Å². The summed E-state index contributed by atoms with van der Waals surface area (Å²) in [5.41, 5.74) is 1.73. The van der Waals surface area contributed by atoms with Crippen LogP contribution in [0, 0.1) is 0 Å². The monoisotopic (exact) mass is 333 g/mol. The summed E-state index contributed by atoms with van der Waals surface area (Å²) in [6.45, 7) is 1.70. The number of hydrogen-bond donors (Lipinski definition) is 1. The third kappa shape index (κ3) is 3.19. The zero-order chi connectivity index (χ0) is 15.5. The molecule has 3 atom stereocenters. The lowest BCUT2D eigenvalue weighted by atomic mass is 10.1. The van der Waals surface area contributed by atoms with Gasteiger partial charge in [0.1, 0.15) is 6.10 Å². The molecule has 3 rings (SSSR count). The Morgan fingerprint density at radius 1 is 1.14 bits per heavy atom. The van der Waals surface area contributed by atoms with Gasteiger partial charge in [-0.3, -0.25) is 0 Å². The van der Waals surface area contributed by atoms with Crippen molar-refractivity contribution in [1.29, 1.82) is 0 Å². The molecule has 0 aliphatic carbocycles. The van der Waals surface area contributed by atoms with E-state index in [1.165, 1.54) is 11.3 Å². The highest BCUT2D eigenvalue weighted by Gasteiger charge is 2.26. The molecule has 1 unspecified atom stereocenters. The molecule has 0 fully saturated rings. The maximum Gasteiger partial charge on any atom is 0.274 e. The topological polar surface area (TPSA) is 59.4 Å². The Bertz CT molecular complexity index is 755. The molecule has 6 heteroatoms. The first-order valence-corrected chi connectivity index (χ1v) is 8.80. The molecule has 0 spiro atoms. The highest BCUT2D eigenvalue weighted by atomic mass is 32.2. The summed E-state index contributed by atoms with van der Waals surface area (Å²) in [6, 6.07) is 17.2. The van der Waals surface area contributed by atoms with E-state index in [9.17, 15) is 8.76 Å². The highest BCUT2D eigenvalue weighted by molar-refractivity contribution is 7.79. The number of rotatable bonds is 5. The number of hydrogen-bond acceptors (Lipinski definition) is 4. The van der Waals surface area contributed by atoms with Crippen LogP contribution in [0.25, 0.3) is 10.2 Å². The van der Waals surface area contributed by atoms with E-state index in [2.05, 4.69) is 4.98 Å². The standard InChI is InChI=1S/C16H15NO3S2/c1-11(22(18)19)15(12-7-3-2-4-8-12)20-16-17-13-9-5-6-10-14(13)21-16/h2-11,15H,1H3,(H,18,19)/t11-,15-/m1/s1. The molecule has 4 nitrogen and oxygen atoms in total. The summed E-state index contributed by atoms with van der Waals surface area (Å²) in [4.78, 5) is 4.44. The number of aromatic nitrogens is 1. The molecular formula is C16H15NO3S2. The number of nitrogens with zero attached hydrogens (tertiary/aromatic N) is 1. The predicted molar refractivity (Wildman–Crippen MR) is 89.7 cm³/mol. The first-order chi connectivity index (χ1) is 10.6. The molecular weight excluding hydrogens is 318 g/mol. The Hall–Kier alpha value is -1.76. The lowest BCUT2D eigenvalue weighted by Gasteiger charge is -2.21. The maximum atomic E-state index is 11.5. The van der Waals surface area contributed by atoms with E-state index < -0.39 is 22.4 Å². The van der Waals surface area contributed by atoms with Gasteiger partial charge in [-0.05, 0) is 24.6 Å². The van der Waals surface area contributed by atoms with Crippen molar-refractivity contribution in [1.82, 2.24) is 4.98 Å². The Balaban J connectivity index is 1.94. The third-order valence-electron chi connectivity index (χ3n) is 3.37. The van der Waals surface area contributed by atoms with Gasteiger partial charge in [0.15, 0.2) is 11.1 Å². The molecule has 1 N–H and O–H groups in total. The molecule has 2 aromatic carbocycles. The highest BCUT2D eigenvalue weighted by Crippen LogP contribution is 2.33. The van der Waals surface area contributed by atoms with Gasteiger partial charge in [-0.2, -0.15) is 0 Å². The average Bonchev–Trinajstić information content (AvgIpc) is 2.95. The van der Waals surface area contributed by atoms with Crippen LogP contribution in [0.5, 0.6) is 5.19 Å². The predicted octanol–water partition coefficient (Wildman–Crippen LogP) is 4.03. The molecule has 1 heterocycles. The molecule has 0 saturated heterocycles. The smallest absolute Gasteiger partial charge is 0.274 e. The Morgan fingerprint density at radius 2 is 1.82 bits per heavy atom. The lowest BCUT2D eigenvalue weighted by Crippen LogP contribution is -2.25. The van der Waals surface area contributed by atoms with Gasteiger partial charge in [0, 0.05) is 0 Å². The van der Waals surface area contributed by atoms with Gasteiger partial charge in [0.25, 0.3) is 5.19 Å².